The molecular formula is C22H27N3O6S2. The van der Waals surface area contributed by atoms with Crippen molar-refractivity contribution in [3.63, 3.8) is 0 Å². The Kier molecular flexibility index (Phi) is 6.53. The standard InChI is InChI=1S/C22H27N3O6S2/c1-2-31-20-11-10-19(25-22(26)12-15-32(25,27)28)16-21(20)33(29,30)23-17-6-8-18(9-7-17)24-13-4-3-5-14-24/h6-11,16,23H,2-5,12-15H2,1H3. The number of hydrogen-bond donors (Lipinski definition) is 1. The molecule has 0 aromatic heterocycles. The van der Waals surface area contributed by atoms with Crippen LogP contribution in [0.1, 0.15) is 32.6 Å². The van der Waals surface area contributed by atoms with Gasteiger partial charge < -0.3 is 9.64 Å². The van der Waals surface area contributed by atoms with Crippen LogP contribution in [0.2, 0.25) is 0 Å². The average molecular weight is 494 g/mol. The van der Waals surface area contributed by atoms with Crippen LogP contribution in [0.15, 0.2) is 47.4 Å². The van der Waals surface area contributed by atoms with Gasteiger partial charge in [0.25, 0.3) is 10.0 Å². The normalized spacial score (nSPS) is 18.4. The molecule has 0 spiro atoms. The van der Waals surface area contributed by atoms with Crippen LogP contribution in [0, 0.1) is 0 Å². The summed E-state index contributed by atoms with van der Waals surface area (Å²) in [5, 5.41) is 0. The number of sulfonamides is 2. The number of piperidine rings is 1. The van der Waals surface area contributed by atoms with Crippen molar-refractivity contribution >= 4 is 43.0 Å². The smallest absolute Gasteiger partial charge is 0.265 e. The number of hydrogen-bond acceptors (Lipinski definition) is 7. The molecule has 2 heterocycles. The van der Waals surface area contributed by atoms with Gasteiger partial charge in [0.1, 0.15) is 10.6 Å². The molecule has 0 atom stereocenters. The van der Waals surface area contributed by atoms with Crippen LogP contribution in [-0.2, 0) is 24.8 Å². The second-order valence-corrected chi connectivity index (χ2v) is 11.6. The van der Waals surface area contributed by atoms with Crippen LogP contribution in [0.25, 0.3) is 0 Å². The summed E-state index contributed by atoms with van der Waals surface area (Å²) in [7, 11) is -7.96. The zero-order chi connectivity index (χ0) is 23.6. The number of amides is 1. The number of nitrogens with zero attached hydrogens (tertiary/aromatic N) is 2. The van der Waals surface area contributed by atoms with Crippen LogP contribution in [0.4, 0.5) is 17.1 Å². The first-order valence-corrected chi connectivity index (χ1v) is 14.0. The number of rotatable bonds is 7. The highest BCUT2D eigenvalue weighted by Crippen LogP contribution is 2.34. The van der Waals surface area contributed by atoms with Crippen molar-refractivity contribution in [1.82, 2.24) is 0 Å². The molecule has 1 amide bonds. The fourth-order valence-corrected chi connectivity index (χ4v) is 6.75. The van der Waals surface area contributed by atoms with E-state index in [0.717, 1.165) is 37.7 Å². The number of benzene rings is 2. The maximum atomic E-state index is 13.2. The van der Waals surface area contributed by atoms with E-state index in [9.17, 15) is 21.6 Å². The molecule has 9 nitrogen and oxygen atoms in total. The van der Waals surface area contributed by atoms with E-state index in [2.05, 4.69) is 9.62 Å². The van der Waals surface area contributed by atoms with Crippen molar-refractivity contribution in [2.24, 2.45) is 0 Å². The van der Waals surface area contributed by atoms with Gasteiger partial charge in [-0.2, -0.15) is 0 Å². The minimum absolute atomic E-state index is 0.0261. The summed E-state index contributed by atoms with van der Waals surface area (Å²) in [6, 6.07) is 11.0. The lowest BCUT2D eigenvalue weighted by Gasteiger charge is -2.28. The third kappa shape index (κ3) is 4.93. The van der Waals surface area contributed by atoms with Crippen molar-refractivity contribution in [3.8, 4) is 5.75 Å². The first-order valence-electron chi connectivity index (χ1n) is 10.9. The molecule has 4 rings (SSSR count). The van der Waals surface area contributed by atoms with E-state index in [1.54, 1.807) is 19.1 Å². The van der Waals surface area contributed by atoms with Crippen molar-refractivity contribution in [1.29, 1.82) is 0 Å². The average Bonchev–Trinajstić information content (AvgIpc) is 3.07. The van der Waals surface area contributed by atoms with Gasteiger partial charge in [0.05, 0.1) is 18.0 Å². The summed E-state index contributed by atoms with van der Waals surface area (Å²) in [6.45, 7) is 3.89. The Morgan fingerprint density at radius 1 is 1.00 bits per heavy atom. The Hall–Kier alpha value is -2.79. The lowest BCUT2D eigenvalue weighted by molar-refractivity contribution is -0.116. The van der Waals surface area contributed by atoms with Crippen LogP contribution >= 0.6 is 0 Å². The van der Waals surface area contributed by atoms with Crippen LogP contribution in [0.3, 0.4) is 0 Å². The van der Waals surface area contributed by atoms with E-state index >= 15 is 0 Å². The minimum atomic E-state index is -4.13. The van der Waals surface area contributed by atoms with Gasteiger partial charge in [-0.3, -0.25) is 9.52 Å². The topological polar surface area (TPSA) is 113 Å². The van der Waals surface area contributed by atoms with Gasteiger partial charge in [-0.25, -0.2) is 21.1 Å². The maximum Gasteiger partial charge on any atom is 0.265 e. The maximum absolute atomic E-state index is 13.2. The molecule has 2 aliphatic heterocycles. The summed E-state index contributed by atoms with van der Waals surface area (Å²) < 4.78 is 59.8. The van der Waals surface area contributed by atoms with E-state index in [1.165, 1.54) is 18.6 Å². The SMILES string of the molecule is CCOc1ccc(N2C(=O)CCS2(=O)=O)cc1S(=O)(=O)Nc1ccc(N2CCCCC2)cc1. The summed E-state index contributed by atoms with van der Waals surface area (Å²) in [4.78, 5) is 14.2. The monoisotopic (exact) mass is 493 g/mol. The van der Waals surface area contributed by atoms with E-state index in [0.29, 0.717) is 9.99 Å². The highest BCUT2D eigenvalue weighted by atomic mass is 32.2. The zero-order valence-electron chi connectivity index (χ0n) is 18.4. The fraction of sp³-hybridized carbons (Fsp3) is 0.409. The largest absolute Gasteiger partial charge is 0.492 e. The molecule has 0 bridgehead atoms. The van der Waals surface area contributed by atoms with Crippen molar-refractivity contribution < 1.29 is 26.4 Å². The van der Waals surface area contributed by atoms with Gasteiger partial charge in [-0.1, -0.05) is 0 Å². The second-order valence-electron chi connectivity index (χ2n) is 7.99. The lowest BCUT2D eigenvalue weighted by Crippen LogP contribution is -2.29. The molecule has 0 radical (unpaired) electrons. The molecule has 11 heteroatoms. The molecule has 0 saturated carbocycles. The highest BCUT2D eigenvalue weighted by Gasteiger charge is 2.37. The molecule has 0 unspecified atom stereocenters. The van der Waals surface area contributed by atoms with E-state index < -0.39 is 26.0 Å². The molecule has 2 fully saturated rings. The third-order valence-electron chi connectivity index (χ3n) is 5.67. The molecule has 0 aliphatic carbocycles. The number of ether oxygens (including phenoxy) is 1. The lowest BCUT2D eigenvalue weighted by atomic mass is 10.1. The summed E-state index contributed by atoms with van der Waals surface area (Å²) in [5.41, 5.74) is 1.38. The molecule has 2 aromatic rings. The van der Waals surface area contributed by atoms with Gasteiger partial charge in [0, 0.05) is 30.9 Å². The quantitative estimate of drug-likeness (QED) is 0.631. The molecule has 33 heavy (non-hydrogen) atoms. The predicted molar refractivity (Wildman–Crippen MR) is 127 cm³/mol. The van der Waals surface area contributed by atoms with Crippen molar-refractivity contribution in [2.45, 2.75) is 37.5 Å². The number of anilines is 3. The summed E-state index contributed by atoms with van der Waals surface area (Å²) >= 11 is 0. The molecule has 2 aliphatic rings. The predicted octanol–water partition coefficient (Wildman–Crippen LogP) is 2.94. The van der Waals surface area contributed by atoms with Gasteiger partial charge >= 0.3 is 0 Å². The summed E-state index contributed by atoms with van der Waals surface area (Å²) in [5.74, 6) is -0.825. The van der Waals surface area contributed by atoms with Gasteiger partial charge in [0.15, 0.2) is 0 Å². The van der Waals surface area contributed by atoms with Crippen LogP contribution < -0.4 is 18.7 Å². The fourth-order valence-electron chi connectivity index (χ4n) is 4.08. The van der Waals surface area contributed by atoms with Gasteiger partial charge in [-0.15, -0.1) is 0 Å². The molecule has 2 saturated heterocycles. The van der Waals surface area contributed by atoms with E-state index in [1.807, 2.05) is 12.1 Å². The Bertz CT molecular complexity index is 1240. The first kappa shape index (κ1) is 23.4. The highest BCUT2D eigenvalue weighted by molar-refractivity contribution is 7.94. The zero-order valence-corrected chi connectivity index (χ0v) is 20.0. The minimum Gasteiger partial charge on any atom is -0.492 e. The Morgan fingerprint density at radius 3 is 2.27 bits per heavy atom. The van der Waals surface area contributed by atoms with Crippen molar-refractivity contribution in [3.05, 3.63) is 42.5 Å². The molecule has 178 valence electrons. The van der Waals surface area contributed by atoms with E-state index in [-0.39, 0.29) is 35.1 Å². The molecule has 1 N–H and O–H groups in total. The number of nitrogens with one attached hydrogen (secondary N) is 1. The molecular weight excluding hydrogens is 466 g/mol. The second kappa shape index (κ2) is 9.22. The van der Waals surface area contributed by atoms with Crippen molar-refractivity contribution in [2.75, 3.05) is 39.4 Å². The Balaban J connectivity index is 1.64. The van der Waals surface area contributed by atoms with E-state index in [4.69, 9.17) is 4.74 Å². The van der Waals surface area contributed by atoms with Crippen LogP contribution in [-0.4, -0.2) is 48.2 Å². The van der Waals surface area contributed by atoms with Gasteiger partial charge in [0.2, 0.25) is 15.9 Å². The Labute approximate surface area is 194 Å². The third-order valence-corrected chi connectivity index (χ3v) is 8.76. The van der Waals surface area contributed by atoms with Crippen LogP contribution in [0.5, 0.6) is 5.75 Å². The number of carbonyl (C=O) groups is 1. The van der Waals surface area contributed by atoms with Gasteiger partial charge in [-0.05, 0) is 68.7 Å². The summed E-state index contributed by atoms with van der Waals surface area (Å²) in [6.07, 6.45) is 3.36. The number of carbonyl (C=O) groups excluding carboxylic acids is 1. The molecule has 2 aromatic carbocycles. The Morgan fingerprint density at radius 2 is 1.67 bits per heavy atom. The first-order chi connectivity index (χ1) is 15.7.